The van der Waals surface area contributed by atoms with Gasteiger partial charge in [0.15, 0.2) is 6.61 Å². The molecule has 0 bridgehead atoms. The molecule has 0 radical (unpaired) electrons. The van der Waals surface area contributed by atoms with Crippen LogP contribution in [0, 0.1) is 17.4 Å². The molecule has 0 fully saturated rings. The van der Waals surface area contributed by atoms with Gasteiger partial charge in [0.2, 0.25) is 0 Å². The Kier molecular flexibility index (Phi) is 5.05. The van der Waals surface area contributed by atoms with Crippen LogP contribution in [0.2, 0.25) is 0 Å². The molecule has 3 nitrogen and oxygen atoms in total. The van der Waals surface area contributed by atoms with Gasteiger partial charge in [-0.05, 0) is 66.6 Å². The van der Waals surface area contributed by atoms with Gasteiger partial charge < -0.3 is 9.47 Å². The number of rotatable bonds is 4. The predicted octanol–water partition coefficient (Wildman–Crippen LogP) is 2.85. The molecule has 0 amide bonds. The fourth-order valence-electron chi connectivity index (χ4n) is 1.25. The molecule has 16 heavy (non-hydrogen) atoms. The van der Waals surface area contributed by atoms with Gasteiger partial charge in [-0.25, -0.2) is 4.79 Å². The second-order valence-corrected chi connectivity index (χ2v) is 4.62. The Balaban J connectivity index is 2.67. The molecule has 0 unspecified atom stereocenters. The highest BCUT2D eigenvalue weighted by Crippen LogP contribution is 2.23. The van der Waals surface area contributed by atoms with Crippen LogP contribution in [0.25, 0.3) is 0 Å². The van der Waals surface area contributed by atoms with Crippen molar-refractivity contribution in [2.45, 2.75) is 20.8 Å². The lowest BCUT2D eigenvalue weighted by Crippen LogP contribution is -2.15. The lowest BCUT2D eigenvalue weighted by atomic mass is 10.1. The molecule has 0 aliphatic heterocycles. The van der Waals surface area contributed by atoms with E-state index in [1.807, 2.05) is 26.0 Å². The van der Waals surface area contributed by atoms with E-state index in [4.69, 9.17) is 9.47 Å². The second-order valence-electron chi connectivity index (χ2n) is 3.46. The molecule has 0 spiro atoms. The molecule has 1 rings (SSSR count). The Bertz CT molecular complexity index is 388. The molecule has 0 N–H and O–H groups in total. The maximum atomic E-state index is 11.1. The lowest BCUT2D eigenvalue weighted by molar-refractivity contribution is -0.145. The van der Waals surface area contributed by atoms with Gasteiger partial charge in [-0.1, -0.05) is 0 Å². The number of aryl methyl sites for hydroxylation is 2. The van der Waals surface area contributed by atoms with Crippen molar-refractivity contribution in [2.24, 2.45) is 0 Å². The number of ether oxygens (including phenoxy) is 2. The summed E-state index contributed by atoms with van der Waals surface area (Å²) in [5.74, 6) is 0.407. The molecule has 0 saturated heterocycles. The molecular formula is C12H15IO3. The van der Waals surface area contributed by atoms with E-state index in [-0.39, 0.29) is 12.6 Å². The number of hydrogen-bond donors (Lipinski definition) is 0. The molecule has 1 aromatic carbocycles. The van der Waals surface area contributed by atoms with Gasteiger partial charge in [0.25, 0.3) is 0 Å². The lowest BCUT2D eigenvalue weighted by Gasteiger charge is -2.10. The van der Waals surface area contributed by atoms with Crippen LogP contribution in [-0.4, -0.2) is 19.2 Å². The van der Waals surface area contributed by atoms with Crippen LogP contribution in [0.15, 0.2) is 12.1 Å². The Morgan fingerprint density at radius 1 is 1.31 bits per heavy atom. The van der Waals surface area contributed by atoms with E-state index in [0.29, 0.717) is 6.61 Å². The van der Waals surface area contributed by atoms with Crippen molar-refractivity contribution in [3.63, 3.8) is 0 Å². The first-order valence-electron chi connectivity index (χ1n) is 5.09. The molecule has 0 saturated carbocycles. The van der Waals surface area contributed by atoms with E-state index >= 15 is 0 Å². The zero-order valence-electron chi connectivity index (χ0n) is 9.67. The summed E-state index contributed by atoms with van der Waals surface area (Å²) in [5, 5.41) is 0. The third-order valence-electron chi connectivity index (χ3n) is 2.11. The number of esters is 1. The Morgan fingerprint density at radius 3 is 2.62 bits per heavy atom. The summed E-state index contributed by atoms with van der Waals surface area (Å²) >= 11 is 2.27. The van der Waals surface area contributed by atoms with Crippen LogP contribution >= 0.6 is 22.6 Å². The van der Waals surface area contributed by atoms with Gasteiger partial charge >= 0.3 is 5.97 Å². The first-order valence-corrected chi connectivity index (χ1v) is 6.17. The standard InChI is InChI=1S/C12H15IO3/c1-4-15-12(14)7-16-11-6-8(2)10(13)5-9(11)3/h5-6H,4,7H2,1-3H3. The third kappa shape index (κ3) is 3.66. The zero-order valence-corrected chi connectivity index (χ0v) is 11.8. The average molecular weight is 334 g/mol. The van der Waals surface area contributed by atoms with E-state index < -0.39 is 0 Å². The van der Waals surface area contributed by atoms with Crippen LogP contribution in [0.3, 0.4) is 0 Å². The van der Waals surface area contributed by atoms with Crippen LogP contribution in [0.4, 0.5) is 0 Å². The molecular weight excluding hydrogens is 319 g/mol. The molecule has 0 aliphatic rings. The minimum atomic E-state index is -0.335. The second kappa shape index (κ2) is 6.08. The summed E-state index contributed by atoms with van der Waals surface area (Å²) in [6.07, 6.45) is 0. The Morgan fingerprint density at radius 2 is 2.00 bits per heavy atom. The minimum absolute atomic E-state index is 0.0330. The van der Waals surface area contributed by atoms with Crippen LogP contribution in [0.5, 0.6) is 5.75 Å². The molecule has 0 heterocycles. The summed E-state index contributed by atoms with van der Waals surface area (Å²) < 4.78 is 11.4. The van der Waals surface area contributed by atoms with Crippen molar-refractivity contribution in [3.8, 4) is 5.75 Å². The molecule has 1 aromatic rings. The summed E-state index contributed by atoms with van der Waals surface area (Å²) in [6.45, 7) is 6.10. The normalized spacial score (nSPS) is 10.0. The maximum Gasteiger partial charge on any atom is 0.344 e. The van der Waals surface area contributed by atoms with Crippen molar-refractivity contribution in [2.75, 3.05) is 13.2 Å². The zero-order chi connectivity index (χ0) is 12.1. The smallest absolute Gasteiger partial charge is 0.344 e. The molecule has 0 aliphatic carbocycles. The fraction of sp³-hybridized carbons (Fsp3) is 0.417. The number of halogens is 1. The van der Waals surface area contributed by atoms with Crippen LogP contribution < -0.4 is 4.74 Å². The van der Waals surface area contributed by atoms with Crippen molar-refractivity contribution < 1.29 is 14.3 Å². The average Bonchev–Trinajstić information content (AvgIpc) is 2.22. The van der Waals surface area contributed by atoms with Gasteiger partial charge in [-0.2, -0.15) is 0 Å². The summed E-state index contributed by atoms with van der Waals surface area (Å²) in [4.78, 5) is 11.1. The van der Waals surface area contributed by atoms with Gasteiger partial charge in [0, 0.05) is 3.57 Å². The van der Waals surface area contributed by atoms with Crippen molar-refractivity contribution in [1.29, 1.82) is 0 Å². The maximum absolute atomic E-state index is 11.1. The summed E-state index contributed by atoms with van der Waals surface area (Å²) in [7, 11) is 0. The number of hydrogen-bond acceptors (Lipinski definition) is 3. The van der Waals surface area contributed by atoms with E-state index in [2.05, 4.69) is 22.6 Å². The largest absolute Gasteiger partial charge is 0.482 e. The SMILES string of the molecule is CCOC(=O)COc1cc(C)c(I)cc1C. The van der Waals surface area contributed by atoms with E-state index in [1.165, 1.54) is 3.57 Å². The third-order valence-corrected chi connectivity index (χ3v) is 3.27. The van der Waals surface area contributed by atoms with Crippen molar-refractivity contribution in [1.82, 2.24) is 0 Å². The monoisotopic (exact) mass is 334 g/mol. The highest BCUT2D eigenvalue weighted by atomic mass is 127. The summed E-state index contributed by atoms with van der Waals surface area (Å²) in [6, 6.07) is 3.98. The van der Waals surface area contributed by atoms with Crippen molar-refractivity contribution in [3.05, 3.63) is 26.8 Å². The van der Waals surface area contributed by atoms with Gasteiger partial charge in [-0.3, -0.25) is 0 Å². The number of carbonyl (C=O) groups excluding carboxylic acids is 1. The highest BCUT2D eigenvalue weighted by Gasteiger charge is 2.07. The van der Waals surface area contributed by atoms with Gasteiger partial charge in [0.05, 0.1) is 6.61 Å². The fourth-order valence-corrected chi connectivity index (χ4v) is 1.87. The van der Waals surface area contributed by atoms with Gasteiger partial charge in [0.1, 0.15) is 5.75 Å². The van der Waals surface area contributed by atoms with Crippen molar-refractivity contribution >= 4 is 28.6 Å². The topological polar surface area (TPSA) is 35.5 Å². The molecule has 0 atom stereocenters. The first-order chi connectivity index (χ1) is 7.54. The van der Waals surface area contributed by atoms with Gasteiger partial charge in [-0.15, -0.1) is 0 Å². The van der Waals surface area contributed by atoms with Crippen LogP contribution in [-0.2, 0) is 9.53 Å². The molecule has 88 valence electrons. The highest BCUT2D eigenvalue weighted by molar-refractivity contribution is 14.1. The number of carbonyl (C=O) groups is 1. The van der Waals surface area contributed by atoms with E-state index in [1.54, 1.807) is 6.92 Å². The molecule has 4 heteroatoms. The molecule has 0 aromatic heterocycles. The van der Waals surface area contributed by atoms with E-state index in [0.717, 1.165) is 16.9 Å². The first kappa shape index (κ1) is 13.3. The van der Waals surface area contributed by atoms with Crippen LogP contribution in [0.1, 0.15) is 18.1 Å². The quantitative estimate of drug-likeness (QED) is 0.627. The predicted molar refractivity (Wildman–Crippen MR) is 70.8 cm³/mol. The van der Waals surface area contributed by atoms with E-state index in [9.17, 15) is 4.79 Å². The Labute approximate surface area is 109 Å². The minimum Gasteiger partial charge on any atom is -0.482 e. The summed E-state index contributed by atoms with van der Waals surface area (Å²) in [5.41, 5.74) is 2.17. The Hall–Kier alpha value is -0.780. The number of benzene rings is 1.